The molecular weight excluding hydrogens is 502 g/mol. The molecular formula is C30H38ClN3O4. The Labute approximate surface area is 230 Å². The summed E-state index contributed by atoms with van der Waals surface area (Å²) in [4.78, 5) is 41.3. The lowest BCUT2D eigenvalue weighted by Crippen LogP contribution is -2.46. The maximum absolute atomic E-state index is 13.6. The van der Waals surface area contributed by atoms with Crippen LogP contribution in [0.2, 0.25) is 5.02 Å². The van der Waals surface area contributed by atoms with Crippen molar-refractivity contribution in [2.24, 2.45) is 5.92 Å². The number of aryl methyl sites for hydroxylation is 2. The molecule has 38 heavy (non-hydrogen) atoms. The average Bonchev–Trinajstić information content (AvgIpc) is 2.90. The highest BCUT2D eigenvalue weighted by molar-refractivity contribution is 6.31. The van der Waals surface area contributed by atoms with Gasteiger partial charge in [-0.2, -0.15) is 0 Å². The van der Waals surface area contributed by atoms with E-state index in [2.05, 4.69) is 30.5 Å². The number of fused-ring (bicyclic) bond motifs is 2. The van der Waals surface area contributed by atoms with Crippen molar-refractivity contribution in [3.05, 3.63) is 63.7 Å². The molecule has 204 valence electrons. The molecule has 2 aromatic rings. The van der Waals surface area contributed by atoms with Crippen LogP contribution in [0.5, 0.6) is 5.75 Å². The Kier molecular flexibility index (Phi) is 9.67. The minimum atomic E-state index is -0.278. The molecule has 1 heterocycles. The average molecular weight is 540 g/mol. The SMILES string of the molecule is CC(C)C[C@H]1COc2ccc(Cl)cc2C(=O)NCCCCN(C(=O)c2ccc3c(c2)CCCC3)CC(=O)N1. The number of nitrogens with one attached hydrogen (secondary N) is 2. The molecule has 0 saturated heterocycles. The number of nitrogens with zero attached hydrogens (tertiary/aromatic N) is 1. The smallest absolute Gasteiger partial charge is 0.255 e. The lowest BCUT2D eigenvalue weighted by molar-refractivity contribution is -0.122. The molecule has 0 bridgehead atoms. The molecule has 8 heteroatoms. The first-order valence-corrected chi connectivity index (χ1v) is 14.1. The molecule has 0 fully saturated rings. The summed E-state index contributed by atoms with van der Waals surface area (Å²) in [7, 11) is 0. The van der Waals surface area contributed by atoms with Crippen LogP contribution in [0.4, 0.5) is 0 Å². The minimum absolute atomic E-state index is 0.0247. The van der Waals surface area contributed by atoms with Crippen LogP contribution in [0.3, 0.4) is 0 Å². The largest absolute Gasteiger partial charge is 0.491 e. The molecule has 2 aliphatic rings. The lowest BCUT2D eigenvalue weighted by atomic mass is 9.90. The molecule has 1 atom stereocenters. The number of benzene rings is 2. The van der Waals surface area contributed by atoms with Gasteiger partial charge in [0, 0.05) is 23.7 Å². The van der Waals surface area contributed by atoms with Gasteiger partial charge in [0.1, 0.15) is 12.4 Å². The van der Waals surface area contributed by atoms with Gasteiger partial charge in [0.05, 0.1) is 18.2 Å². The second kappa shape index (κ2) is 13.1. The Morgan fingerprint density at radius 1 is 1.05 bits per heavy atom. The topological polar surface area (TPSA) is 87.7 Å². The van der Waals surface area contributed by atoms with Crippen molar-refractivity contribution < 1.29 is 19.1 Å². The standard InChI is InChI=1S/C30H38ClN3O4/c1-20(2)15-25-19-38-27-12-11-24(31)17-26(27)29(36)32-13-5-6-14-34(18-28(35)33-25)30(37)23-10-9-21-7-3-4-8-22(21)16-23/h9-12,16-17,20,25H,3-8,13-15,18-19H2,1-2H3,(H,32,36)(H,33,35)/t25-/m0/s1. The van der Waals surface area contributed by atoms with Crippen LogP contribution < -0.4 is 15.4 Å². The molecule has 0 aromatic heterocycles. The third kappa shape index (κ3) is 7.50. The van der Waals surface area contributed by atoms with Gasteiger partial charge >= 0.3 is 0 Å². The number of hydrogen-bond donors (Lipinski definition) is 2. The van der Waals surface area contributed by atoms with E-state index in [-0.39, 0.29) is 36.9 Å². The molecule has 1 aliphatic heterocycles. The van der Waals surface area contributed by atoms with Crippen LogP contribution in [-0.2, 0) is 17.6 Å². The summed E-state index contributed by atoms with van der Waals surface area (Å²) >= 11 is 6.16. The Hall–Kier alpha value is -3.06. The van der Waals surface area contributed by atoms with Gasteiger partial charge in [-0.15, -0.1) is 0 Å². The molecule has 2 aromatic carbocycles. The highest BCUT2D eigenvalue weighted by Crippen LogP contribution is 2.25. The van der Waals surface area contributed by atoms with Gasteiger partial charge in [0.2, 0.25) is 5.91 Å². The summed E-state index contributed by atoms with van der Waals surface area (Å²) in [5.74, 6) is 0.122. The van der Waals surface area contributed by atoms with Crippen LogP contribution in [0.1, 0.15) is 77.8 Å². The predicted octanol–water partition coefficient (Wildman–Crippen LogP) is 4.79. The first-order chi connectivity index (χ1) is 18.3. The zero-order valence-corrected chi connectivity index (χ0v) is 23.1. The monoisotopic (exact) mass is 539 g/mol. The van der Waals surface area contributed by atoms with Gasteiger partial charge < -0.3 is 20.3 Å². The maximum atomic E-state index is 13.6. The zero-order valence-electron chi connectivity index (χ0n) is 22.4. The molecule has 2 N–H and O–H groups in total. The summed E-state index contributed by atoms with van der Waals surface area (Å²) in [6.07, 6.45) is 6.37. The van der Waals surface area contributed by atoms with E-state index in [0.717, 1.165) is 19.3 Å². The van der Waals surface area contributed by atoms with Crippen molar-refractivity contribution in [1.29, 1.82) is 0 Å². The molecule has 0 spiro atoms. The fourth-order valence-electron chi connectivity index (χ4n) is 5.21. The summed E-state index contributed by atoms with van der Waals surface area (Å²) < 4.78 is 6.03. The normalized spacial score (nSPS) is 19.3. The number of carbonyl (C=O) groups is 3. The molecule has 7 nitrogen and oxygen atoms in total. The van der Waals surface area contributed by atoms with Crippen molar-refractivity contribution in [2.45, 2.75) is 64.8 Å². The Morgan fingerprint density at radius 3 is 2.63 bits per heavy atom. The number of halogens is 1. The van der Waals surface area contributed by atoms with E-state index < -0.39 is 0 Å². The van der Waals surface area contributed by atoms with Gasteiger partial charge in [-0.05, 0) is 92.3 Å². The van der Waals surface area contributed by atoms with Gasteiger partial charge in [-0.1, -0.05) is 31.5 Å². The van der Waals surface area contributed by atoms with E-state index in [1.807, 2.05) is 12.1 Å². The van der Waals surface area contributed by atoms with Crippen LogP contribution in [0.25, 0.3) is 0 Å². The summed E-state index contributed by atoms with van der Waals surface area (Å²) in [5.41, 5.74) is 3.55. The zero-order chi connectivity index (χ0) is 27.1. The maximum Gasteiger partial charge on any atom is 0.255 e. The van der Waals surface area contributed by atoms with Crippen molar-refractivity contribution >= 4 is 29.3 Å². The fraction of sp³-hybridized carbons (Fsp3) is 0.500. The highest BCUT2D eigenvalue weighted by Gasteiger charge is 2.24. The predicted molar refractivity (Wildman–Crippen MR) is 149 cm³/mol. The Balaban J connectivity index is 1.54. The minimum Gasteiger partial charge on any atom is -0.491 e. The van der Waals surface area contributed by atoms with Gasteiger partial charge in [-0.3, -0.25) is 14.4 Å². The summed E-state index contributed by atoms with van der Waals surface area (Å²) in [6.45, 7) is 5.19. The first kappa shape index (κ1) is 28.0. The first-order valence-electron chi connectivity index (χ1n) is 13.7. The van der Waals surface area contributed by atoms with Gasteiger partial charge in [0.15, 0.2) is 0 Å². The Bertz CT molecular complexity index is 1170. The third-order valence-electron chi connectivity index (χ3n) is 7.10. The molecule has 0 radical (unpaired) electrons. The quantitative estimate of drug-likeness (QED) is 0.587. The van der Waals surface area contributed by atoms with Crippen molar-refractivity contribution in [3.8, 4) is 5.75 Å². The number of rotatable bonds is 3. The third-order valence-corrected chi connectivity index (χ3v) is 7.34. The van der Waals surface area contributed by atoms with Crippen molar-refractivity contribution in [2.75, 3.05) is 26.2 Å². The van der Waals surface area contributed by atoms with E-state index in [1.54, 1.807) is 23.1 Å². The molecule has 1 aliphatic carbocycles. The van der Waals surface area contributed by atoms with E-state index in [9.17, 15) is 14.4 Å². The van der Waals surface area contributed by atoms with E-state index >= 15 is 0 Å². The number of hydrogen-bond acceptors (Lipinski definition) is 4. The second-order valence-electron chi connectivity index (χ2n) is 10.7. The molecule has 4 rings (SSSR count). The van der Waals surface area contributed by atoms with E-state index in [1.165, 1.54) is 17.5 Å². The molecule has 3 amide bonds. The second-order valence-corrected chi connectivity index (χ2v) is 11.2. The number of ether oxygens (including phenoxy) is 1. The van der Waals surface area contributed by atoms with Crippen molar-refractivity contribution in [1.82, 2.24) is 15.5 Å². The fourth-order valence-corrected chi connectivity index (χ4v) is 5.38. The van der Waals surface area contributed by atoms with Gasteiger partial charge in [-0.25, -0.2) is 0 Å². The molecule has 0 saturated carbocycles. The van der Waals surface area contributed by atoms with Crippen LogP contribution in [-0.4, -0.2) is 54.9 Å². The molecule has 0 unspecified atom stereocenters. The number of amides is 3. The summed E-state index contributed by atoms with van der Waals surface area (Å²) in [6, 6.07) is 10.6. The van der Waals surface area contributed by atoms with Crippen molar-refractivity contribution in [3.63, 3.8) is 0 Å². The Morgan fingerprint density at radius 2 is 1.84 bits per heavy atom. The summed E-state index contributed by atoms with van der Waals surface area (Å²) in [5, 5.41) is 6.46. The van der Waals surface area contributed by atoms with Crippen LogP contribution in [0, 0.1) is 5.92 Å². The van der Waals surface area contributed by atoms with E-state index in [4.69, 9.17) is 16.3 Å². The highest BCUT2D eigenvalue weighted by atomic mass is 35.5. The van der Waals surface area contributed by atoms with Crippen LogP contribution >= 0.6 is 11.6 Å². The number of carbonyl (C=O) groups excluding carboxylic acids is 3. The van der Waals surface area contributed by atoms with E-state index in [0.29, 0.717) is 60.2 Å². The van der Waals surface area contributed by atoms with Gasteiger partial charge in [0.25, 0.3) is 11.8 Å². The lowest BCUT2D eigenvalue weighted by Gasteiger charge is -2.26. The van der Waals surface area contributed by atoms with Crippen LogP contribution in [0.15, 0.2) is 36.4 Å².